The maximum Gasteiger partial charge on any atom is 0.472 e. The smallest absolute Gasteiger partial charge is 0.462 e. The van der Waals surface area contributed by atoms with Gasteiger partial charge in [-0.1, -0.05) is 335 Å². The number of ether oxygens (including phenoxy) is 2. The van der Waals surface area contributed by atoms with Crippen molar-refractivity contribution in [3.8, 4) is 0 Å². The molecule has 0 radical (unpaired) electrons. The molecule has 10 heteroatoms. The number of phosphoric ester groups is 1. The van der Waals surface area contributed by atoms with Gasteiger partial charge in [0.1, 0.15) is 19.8 Å². The molecular formula is C66H133NO8P+. The molecule has 0 aliphatic heterocycles. The third-order valence-corrected chi connectivity index (χ3v) is 16.6. The fourth-order valence-corrected chi connectivity index (χ4v) is 11.2. The van der Waals surface area contributed by atoms with Gasteiger partial charge in [-0.2, -0.15) is 0 Å². The summed E-state index contributed by atoms with van der Waals surface area (Å²) in [6, 6.07) is 0. The highest BCUT2D eigenvalue weighted by atomic mass is 31.2. The van der Waals surface area contributed by atoms with Crippen LogP contribution in [0.1, 0.15) is 361 Å². The van der Waals surface area contributed by atoms with Crippen molar-refractivity contribution in [2.24, 2.45) is 0 Å². The van der Waals surface area contributed by atoms with Crippen LogP contribution in [0.2, 0.25) is 0 Å². The monoisotopic (exact) mass is 1100 g/mol. The summed E-state index contributed by atoms with van der Waals surface area (Å²) in [5.41, 5.74) is 0. The number of phosphoric acid groups is 1. The molecule has 0 saturated heterocycles. The SMILES string of the molecule is CCCCCCCCCCCCCCCCCCCCCCCCCCCCCCCCCCCCCC(=O)OC(COC(=O)CCCCCCCCCCCCCCCCCCC)COP(=O)(O)OCC[N+](C)(C)C. The van der Waals surface area contributed by atoms with Gasteiger partial charge in [0.05, 0.1) is 27.7 Å². The van der Waals surface area contributed by atoms with Crippen LogP contribution in [0, 0.1) is 0 Å². The van der Waals surface area contributed by atoms with Crippen LogP contribution >= 0.6 is 7.82 Å². The molecule has 76 heavy (non-hydrogen) atoms. The number of esters is 2. The lowest BCUT2D eigenvalue weighted by molar-refractivity contribution is -0.870. The predicted octanol–water partition coefficient (Wildman–Crippen LogP) is 21.4. The van der Waals surface area contributed by atoms with Crippen LogP contribution in [0.5, 0.6) is 0 Å². The molecule has 2 atom stereocenters. The largest absolute Gasteiger partial charge is 0.472 e. The quantitative estimate of drug-likeness (QED) is 0.0278. The molecule has 0 rings (SSSR count). The van der Waals surface area contributed by atoms with Crippen molar-refractivity contribution in [2.45, 2.75) is 367 Å². The number of nitrogens with zero attached hydrogens (tertiary/aromatic N) is 1. The molecule has 0 saturated carbocycles. The molecule has 0 aromatic carbocycles. The van der Waals surface area contributed by atoms with Gasteiger partial charge in [-0.15, -0.1) is 0 Å². The van der Waals surface area contributed by atoms with Crippen molar-refractivity contribution in [2.75, 3.05) is 47.5 Å². The normalized spacial score (nSPS) is 13.1. The Balaban J connectivity index is 3.91. The van der Waals surface area contributed by atoms with E-state index >= 15 is 0 Å². The summed E-state index contributed by atoms with van der Waals surface area (Å²) in [5, 5.41) is 0. The van der Waals surface area contributed by atoms with Crippen molar-refractivity contribution in [3.05, 3.63) is 0 Å². The van der Waals surface area contributed by atoms with E-state index in [4.69, 9.17) is 18.5 Å². The zero-order valence-electron chi connectivity index (χ0n) is 51.8. The Morgan fingerprint density at radius 3 is 0.842 bits per heavy atom. The lowest BCUT2D eigenvalue weighted by Gasteiger charge is -2.24. The Kier molecular flexibility index (Phi) is 57.9. The summed E-state index contributed by atoms with van der Waals surface area (Å²) in [5.74, 6) is -0.771. The fraction of sp³-hybridized carbons (Fsp3) is 0.970. The number of rotatable bonds is 64. The van der Waals surface area contributed by atoms with Crippen molar-refractivity contribution < 1.29 is 42.1 Å². The van der Waals surface area contributed by atoms with Gasteiger partial charge in [0, 0.05) is 12.8 Å². The number of hydrogen-bond donors (Lipinski definition) is 1. The number of likely N-dealkylation sites (N-methyl/N-ethyl adjacent to an activating group) is 1. The van der Waals surface area contributed by atoms with Gasteiger partial charge in [0.25, 0.3) is 0 Å². The molecule has 0 aromatic heterocycles. The maximum absolute atomic E-state index is 12.8. The molecule has 0 aliphatic carbocycles. The Morgan fingerprint density at radius 2 is 0.592 bits per heavy atom. The molecule has 0 heterocycles. The zero-order chi connectivity index (χ0) is 55.6. The van der Waals surface area contributed by atoms with E-state index < -0.39 is 26.5 Å². The predicted molar refractivity (Wildman–Crippen MR) is 326 cm³/mol. The summed E-state index contributed by atoms with van der Waals surface area (Å²) in [7, 11) is 1.50. The minimum atomic E-state index is -4.38. The van der Waals surface area contributed by atoms with E-state index in [1.54, 1.807) is 0 Å². The first-order valence-electron chi connectivity index (χ1n) is 33.8. The van der Waals surface area contributed by atoms with Crippen molar-refractivity contribution >= 4 is 19.8 Å². The van der Waals surface area contributed by atoms with Crippen molar-refractivity contribution in [1.29, 1.82) is 0 Å². The topological polar surface area (TPSA) is 108 Å². The van der Waals surface area contributed by atoms with Gasteiger partial charge in [0.2, 0.25) is 0 Å². The average molecular weight is 1100 g/mol. The number of quaternary nitrogens is 1. The van der Waals surface area contributed by atoms with Gasteiger partial charge in [0.15, 0.2) is 6.10 Å². The fourth-order valence-electron chi connectivity index (χ4n) is 10.4. The molecule has 0 aromatic rings. The van der Waals surface area contributed by atoms with E-state index in [1.165, 1.54) is 295 Å². The third kappa shape index (κ3) is 62.2. The maximum atomic E-state index is 12.8. The number of unbranched alkanes of at least 4 members (excludes halogenated alkanes) is 50. The molecule has 0 fully saturated rings. The summed E-state index contributed by atoms with van der Waals surface area (Å²) in [6.45, 7) is 4.52. The number of hydrogen-bond acceptors (Lipinski definition) is 7. The Bertz CT molecular complexity index is 1240. The molecule has 9 nitrogen and oxygen atoms in total. The first kappa shape index (κ1) is 75.0. The third-order valence-electron chi connectivity index (χ3n) is 15.6. The van der Waals surface area contributed by atoms with E-state index in [0.29, 0.717) is 17.4 Å². The van der Waals surface area contributed by atoms with E-state index in [1.807, 2.05) is 21.1 Å². The highest BCUT2D eigenvalue weighted by molar-refractivity contribution is 7.47. The summed E-state index contributed by atoms with van der Waals surface area (Å²) < 4.78 is 34.7. The molecule has 0 spiro atoms. The zero-order valence-corrected chi connectivity index (χ0v) is 52.7. The summed E-state index contributed by atoms with van der Waals surface area (Å²) in [6.07, 6.45) is 69.3. The summed E-state index contributed by atoms with van der Waals surface area (Å²) >= 11 is 0. The lowest BCUT2D eigenvalue weighted by Crippen LogP contribution is -2.37. The van der Waals surface area contributed by atoms with Crippen LogP contribution in [0.4, 0.5) is 0 Å². The van der Waals surface area contributed by atoms with Crippen molar-refractivity contribution in [1.82, 2.24) is 0 Å². The first-order valence-corrected chi connectivity index (χ1v) is 35.3. The Hall–Kier alpha value is -0.990. The molecule has 454 valence electrons. The second-order valence-corrected chi connectivity index (χ2v) is 26.0. The van der Waals surface area contributed by atoms with Crippen LogP contribution in [0.25, 0.3) is 0 Å². The van der Waals surface area contributed by atoms with Gasteiger partial charge < -0.3 is 18.9 Å². The molecule has 0 bridgehead atoms. The van der Waals surface area contributed by atoms with Crippen LogP contribution in [0.3, 0.4) is 0 Å². The Morgan fingerprint density at radius 1 is 0.355 bits per heavy atom. The molecule has 2 unspecified atom stereocenters. The average Bonchev–Trinajstić information content (AvgIpc) is 3.38. The van der Waals surface area contributed by atoms with Crippen LogP contribution in [-0.4, -0.2) is 74.9 Å². The van der Waals surface area contributed by atoms with Gasteiger partial charge in [-0.05, 0) is 12.8 Å². The van der Waals surface area contributed by atoms with E-state index in [-0.39, 0.29) is 25.6 Å². The molecule has 0 aliphatic rings. The van der Waals surface area contributed by atoms with E-state index in [2.05, 4.69) is 13.8 Å². The standard InChI is InChI=1S/C66H132NO8P/c1-6-8-10-12-14-16-18-20-22-24-25-26-27-28-29-30-31-32-33-34-35-36-37-38-39-40-41-43-45-47-49-51-53-55-57-59-66(69)75-64(63-74-76(70,71)73-61-60-67(3,4)5)62-72-65(68)58-56-54-52-50-48-46-44-42-23-21-19-17-15-13-11-9-7-2/h64H,6-63H2,1-5H3/p+1. The van der Waals surface area contributed by atoms with E-state index in [0.717, 1.165) is 38.5 Å². The van der Waals surface area contributed by atoms with Crippen molar-refractivity contribution in [3.63, 3.8) is 0 Å². The van der Waals surface area contributed by atoms with Gasteiger partial charge in [-0.25, -0.2) is 4.57 Å². The second-order valence-electron chi connectivity index (χ2n) is 24.6. The highest BCUT2D eigenvalue weighted by Gasteiger charge is 2.27. The lowest BCUT2D eigenvalue weighted by atomic mass is 10.0. The van der Waals surface area contributed by atoms with Crippen LogP contribution < -0.4 is 0 Å². The van der Waals surface area contributed by atoms with Gasteiger partial charge in [-0.3, -0.25) is 18.6 Å². The van der Waals surface area contributed by atoms with Gasteiger partial charge >= 0.3 is 19.8 Å². The Labute approximate surface area is 474 Å². The van der Waals surface area contributed by atoms with Crippen LogP contribution in [0.15, 0.2) is 0 Å². The summed E-state index contributed by atoms with van der Waals surface area (Å²) in [4.78, 5) is 35.7. The minimum absolute atomic E-state index is 0.0375. The molecular weight excluding hydrogens is 966 g/mol. The second kappa shape index (κ2) is 58.7. The molecule has 0 amide bonds. The molecule has 1 N–H and O–H groups in total. The highest BCUT2D eigenvalue weighted by Crippen LogP contribution is 2.43. The minimum Gasteiger partial charge on any atom is -0.462 e. The number of carbonyl (C=O) groups excluding carboxylic acids is 2. The van der Waals surface area contributed by atoms with E-state index in [9.17, 15) is 19.0 Å². The first-order chi connectivity index (χ1) is 37.0. The van der Waals surface area contributed by atoms with Crippen LogP contribution in [-0.2, 0) is 32.7 Å². The number of carbonyl (C=O) groups is 2.